The quantitative estimate of drug-likeness (QED) is 0.918. The molecule has 1 N–H and O–H groups in total. The van der Waals surface area contributed by atoms with Crippen molar-refractivity contribution in [2.75, 3.05) is 26.9 Å². The number of nitrogens with one attached hydrogen (secondary N) is 1. The summed E-state index contributed by atoms with van der Waals surface area (Å²) in [5.41, 5.74) is 3.06. The molecular formula is C21H24N2O3. The molecule has 2 heterocycles. The minimum absolute atomic E-state index is 0.0241. The molecule has 1 atom stereocenters. The van der Waals surface area contributed by atoms with Crippen LogP contribution in [0.1, 0.15) is 40.2 Å². The molecule has 5 nitrogen and oxygen atoms in total. The van der Waals surface area contributed by atoms with Gasteiger partial charge in [0, 0.05) is 25.7 Å². The maximum atomic E-state index is 12.7. The third kappa shape index (κ3) is 3.53. The zero-order valence-corrected chi connectivity index (χ0v) is 15.0. The number of ether oxygens (including phenoxy) is 2. The fourth-order valence-electron chi connectivity index (χ4n) is 3.64. The molecule has 2 aromatic carbocycles. The van der Waals surface area contributed by atoms with Crippen LogP contribution < -0.4 is 14.8 Å². The Morgan fingerprint density at radius 2 is 1.96 bits per heavy atom. The van der Waals surface area contributed by atoms with Crippen molar-refractivity contribution in [2.45, 2.75) is 25.3 Å². The average Bonchev–Trinajstić information content (AvgIpc) is 3.16. The first-order valence-corrected chi connectivity index (χ1v) is 9.15. The molecule has 136 valence electrons. The van der Waals surface area contributed by atoms with Crippen LogP contribution in [0, 0.1) is 0 Å². The molecule has 1 saturated heterocycles. The second-order valence-corrected chi connectivity index (χ2v) is 7.01. The van der Waals surface area contributed by atoms with Crippen molar-refractivity contribution in [1.82, 2.24) is 10.2 Å². The second-order valence-electron chi connectivity index (χ2n) is 7.01. The van der Waals surface area contributed by atoms with Crippen LogP contribution in [0.4, 0.5) is 0 Å². The summed E-state index contributed by atoms with van der Waals surface area (Å²) < 4.78 is 10.7. The lowest BCUT2D eigenvalue weighted by Gasteiger charge is -2.23. The Balaban J connectivity index is 1.41. The molecule has 0 bridgehead atoms. The van der Waals surface area contributed by atoms with E-state index in [-0.39, 0.29) is 12.7 Å². The number of hydrogen-bond donors (Lipinski definition) is 1. The zero-order valence-electron chi connectivity index (χ0n) is 15.0. The molecule has 0 spiro atoms. The SMILES string of the molecule is CN(Cc1ccc2c(c1)OCO2)C(=O)c1ccc([C@H]2CCCNC2)cc1. The average molecular weight is 352 g/mol. The summed E-state index contributed by atoms with van der Waals surface area (Å²) in [7, 11) is 1.83. The molecule has 0 aromatic heterocycles. The molecule has 4 rings (SSSR count). The molecule has 2 aliphatic heterocycles. The largest absolute Gasteiger partial charge is 0.454 e. The normalized spacial score (nSPS) is 18.6. The van der Waals surface area contributed by atoms with Crippen molar-refractivity contribution in [3.63, 3.8) is 0 Å². The van der Waals surface area contributed by atoms with Crippen LogP contribution in [0.25, 0.3) is 0 Å². The summed E-state index contributed by atoms with van der Waals surface area (Å²) >= 11 is 0. The highest BCUT2D eigenvalue weighted by molar-refractivity contribution is 5.94. The van der Waals surface area contributed by atoms with Gasteiger partial charge in [0.15, 0.2) is 11.5 Å². The van der Waals surface area contributed by atoms with E-state index >= 15 is 0 Å². The van der Waals surface area contributed by atoms with Gasteiger partial charge in [-0.25, -0.2) is 0 Å². The van der Waals surface area contributed by atoms with Crippen LogP contribution in [-0.2, 0) is 6.54 Å². The van der Waals surface area contributed by atoms with E-state index in [0.29, 0.717) is 12.5 Å². The fourth-order valence-corrected chi connectivity index (χ4v) is 3.64. The number of benzene rings is 2. The Morgan fingerprint density at radius 1 is 1.15 bits per heavy atom. The molecule has 0 unspecified atom stereocenters. The number of piperidine rings is 1. The number of hydrogen-bond acceptors (Lipinski definition) is 4. The Labute approximate surface area is 153 Å². The molecule has 2 aromatic rings. The van der Waals surface area contributed by atoms with Crippen LogP contribution in [0.5, 0.6) is 11.5 Å². The van der Waals surface area contributed by atoms with E-state index in [1.54, 1.807) is 4.90 Å². The maximum absolute atomic E-state index is 12.7. The van der Waals surface area contributed by atoms with E-state index in [4.69, 9.17) is 9.47 Å². The van der Waals surface area contributed by atoms with Gasteiger partial charge in [0.2, 0.25) is 6.79 Å². The first-order chi connectivity index (χ1) is 12.7. The van der Waals surface area contributed by atoms with Crippen molar-refractivity contribution >= 4 is 5.91 Å². The molecule has 1 fully saturated rings. The first kappa shape index (κ1) is 16.9. The standard InChI is InChI=1S/C21H24N2O3/c1-23(13-15-4-9-19-20(11-15)26-14-25-19)21(24)17-7-5-16(6-8-17)18-3-2-10-22-12-18/h4-9,11,18,22H,2-3,10,12-14H2,1H3/t18-/m0/s1. The van der Waals surface area contributed by atoms with Gasteiger partial charge in [0.1, 0.15) is 0 Å². The lowest BCUT2D eigenvalue weighted by molar-refractivity contribution is 0.0785. The Kier molecular flexibility index (Phi) is 4.80. The van der Waals surface area contributed by atoms with E-state index in [1.165, 1.54) is 18.4 Å². The van der Waals surface area contributed by atoms with E-state index in [9.17, 15) is 4.79 Å². The third-order valence-corrected chi connectivity index (χ3v) is 5.13. The molecule has 0 radical (unpaired) electrons. The summed E-state index contributed by atoms with van der Waals surface area (Å²) in [6.07, 6.45) is 2.42. The van der Waals surface area contributed by atoms with Gasteiger partial charge in [-0.2, -0.15) is 0 Å². The van der Waals surface area contributed by atoms with Crippen molar-refractivity contribution in [1.29, 1.82) is 0 Å². The van der Waals surface area contributed by atoms with Gasteiger partial charge in [0.25, 0.3) is 5.91 Å². The highest BCUT2D eigenvalue weighted by Gasteiger charge is 2.18. The van der Waals surface area contributed by atoms with Crippen molar-refractivity contribution in [3.05, 3.63) is 59.2 Å². The van der Waals surface area contributed by atoms with E-state index in [2.05, 4.69) is 17.4 Å². The fraction of sp³-hybridized carbons (Fsp3) is 0.381. The molecule has 2 aliphatic rings. The van der Waals surface area contributed by atoms with Crippen LogP contribution in [-0.4, -0.2) is 37.7 Å². The summed E-state index contributed by atoms with van der Waals surface area (Å²) in [6, 6.07) is 13.9. The van der Waals surface area contributed by atoms with Crippen LogP contribution in [0.15, 0.2) is 42.5 Å². The van der Waals surface area contributed by atoms with Gasteiger partial charge in [-0.15, -0.1) is 0 Å². The first-order valence-electron chi connectivity index (χ1n) is 9.15. The van der Waals surface area contributed by atoms with Crippen molar-refractivity contribution in [2.24, 2.45) is 0 Å². The van der Waals surface area contributed by atoms with Crippen LogP contribution in [0.2, 0.25) is 0 Å². The number of nitrogens with zero attached hydrogens (tertiary/aromatic N) is 1. The van der Waals surface area contributed by atoms with Gasteiger partial charge in [-0.3, -0.25) is 4.79 Å². The highest BCUT2D eigenvalue weighted by atomic mass is 16.7. The van der Waals surface area contributed by atoms with Gasteiger partial charge >= 0.3 is 0 Å². The number of carbonyl (C=O) groups is 1. The third-order valence-electron chi connectivity index (χ3n) is 5.13. The summed E-state index contributed by atoms with van der Waals surface area (Å²) in [6.45, 7) is 2.93. The van der Waals surface area contributed by atoms with Crippen molar-refractivity contribution in [3.8, 4) is 11.5 Å². The summed E-state index contributed by atoms with van der Waals surface area (Å²) in [5, 5.41) is 3.44. The summed E-state index contributed by atoms with van der Waals surface area (Å²) in [4.78, 5) is 14.5. The van der Waals surface area contributed by atoms with Gasteiger partial charge in [-0.1, -0.05) is 18.2 Å². The predicted molar refractivity (Wildman–Crippen MR) is 99.6 cm³/mol. The molecule has 5 heteroatoms. The van der Waals surface area contributed by atoms with Crippen LogP contribution >= 0.6 is 0 Å². The Hall–Kier alpha value is -2.53. The Morgan fingerprint density at radius 3 is 2.73 bits per heavy atom. The monoisotopic (exact) mass is 352 g/mol. The van der Waals surface area contributed by atoms with Gasteiger partial charge in [-0.05, 0) is 60.7 Å². The van der Waals surface area contributed by atoms with Gasteiger partial charge in [0.05, 0.1) is 0 Å². The summed E-state index contributed by atoms with van der Waals surface area (Å²) in [5.74, 6) is 2.08. The number of carbonyl (C=O) groups excluding carboxylic acids is 1. The topological polar surface area (TPSA) is 50.8 Å². The number of amides is 1. The molecule has 26 heavy (non-hydrogen) atoms. The Bertz CT molecular complexity index is 782. The van der Waals surface area contributed by atoms with E-state index < -0.39 is 0 Å². The molecule has 1 amide bonds. The minimum Gasteiger partial charge on any atom is -0.454 e. The van der Waals surface area contributed by atoms with Crippen molar-refractivity contribution < 1.29 is 14.3 Å². The molecular weight excluding hydrogens is 328 g/mol. The van der Waals surface area contributed by atoms with Crippen LogP contribution in [0.3, 0.4) is 0 Å². The molecule has 0 saturated carbocycles. The van der Waals surface area contributed by atoms with Gasteiger partial charge < -0.3 is 19.7 Å². The smallest absolute Gasteiger partial charge is 0.253 e. The molecule has 0 aliphatic carbocycles. The second kappa shape index (κ2) is 7.38. The maximum Gasteiger partial charge on any atom is 0.253 e. The lowest BCUT2D eigenvalue weighted by atomic mass is 9.91. The lowest BCUT2D eigenvalue weighted by Crippen LogP contribution is -2.28. The van der Waals surface area contributed by atoms with E-state index in [1.807, 2.05) is 37.4 Å². The van der Waals surface area contributed by atoms with E-state index in [0.717, 1.165) is 35.7 Å². The minimum atomic E-state index is 0.0241. The zero-order chi connectivity index (χ0) is 17.9. The number of fused-ring (bicyclic) bond motifs is 1. The predicted octanol–water partition coefficient (Wildman–Crippen LogP) is 3.15. The highest BCUT2D eigenvalue weighted by Crippen LogP contribution is 2.32. The number of rotatable bonds is 4.